The van der Waals surface area contributed by atoms with Crippen molar-refractivity contribution < 1.29 is 35.3 Å². The molecular formula is C22H18ClF3N4O5S. The van der Waals surface area contributed by atoms with E-state index in [-0.39, 0.29) is 24.3 Å². The number of alkyl halides is 3. The van der Waals surface area contributed by atoms with Crippen LogP contribution >= 0.6 is 11.6 Å². The summed E-state index contributed by atoms with van der Waals surface area (Å²) in [5.74, 6) is -0.421. The Morgan fingerprint density at radius 3 is 2.47 bits per heavy atom. The fraction of sp³-hybridized carbons (Fsp3) is 0.273. The average molecular weight is 543 g/mol. The molecule has 1 aromatic heterocycles. The second-order valence-electron chi connectivity index (χ2n) is 7.61. The minimum Gasteiger partial charge on any atom is -0.466 e. The van der Waals surface area contributed by atoms with Crippen molar-refractivity contribution in [1.29, 1.82) is 0 Å². The van der Waals surface area contributed by atoms with E-state index >= 15 is 0 Å². The van der Waals surface area contributed by atoms with E-state index in [1.807, 2.05) is 0 Å². The second-order valence-corrected chi connectivity index (χ2v) is 9.59. The van der Waals surface area contributed by atoms with Crippen LogP contribution < -0.4 is 4.18 Å². The molecule has 0 spiro atoms. The number of hydrogen-bond acceptors (Lipinski definition) is 8. The molecule has 2 aromatic carbocycles. The highest BCUT2D eigenvalue weighted by atomic mass is 35.5. The van der Waals surface area contributed by atoms with Gasteiger partial charge in [0.1, 0.15) is 17.6 Å². The van der Waals surface area contributed by atoms with Crippen molar-refractivity contribution in [3.8, 4) is 11.4 Å². The van der Waals surface area contributed by atoms with Crippen molar-refractivity contribution >= 4 is 33.4 Å². The minimum atomic E-state index is -5.92. The second kappa shape index (κ2) is 9.54. The van der Waals surface area contributed by atoms with Gasteiger partial charge in [-0.25, -0.2) is 0 Å². The molecule has 0 amide bonds. The zero-order chi connectivity index (χ0) is 26.3. The molecule has 0 radical (unpaired) electrons. The van der Waals surface area contributed by atoms with Crippen LogP contribution in [0.15, 0.2) is 47.5 Å². The number of halogens is 4. The first-order chi connectivity index (χ1) is 16.9. The molecule has 2 heterocycles. The molecule has 0 bridgehead atoms. The molecule has 9 nitrogen and oxygen atoms in total. The van der Waals surface area contributed by atoms with Gasteiger partial charge in [0.2, 0.25) is 0 Å². The lowest BCUT2D eigenvalue weighted by Gasteiger charge is -2.15. The molecule has 0 N–H and O–H groups in total. The van der Waals surface area contributed by atoms with Gasteiger partial charge in [-0.05, 0) is 44.2 Å². The van der Waals surface area contributed by atoms with Gasteiger partial charge in [-0.1, -0.05) is 23.7 Å². The summed E-state index contributed by atoms with van der Waals surface area (Å²) in [6, 6.07) is 9.14. The Morgan fingerprint density at radius 1 is 1.14 bits per heavy atom. The van der Waals surface area contributed by atoms with Crippen LogP contribution in [0.4, 0.5) is 13.2 Å². The zero-order valence-electron chi connectivity index (χ0n) is 18.8. The summed E-state index contributed by atoms with van der Waals surface area (Å²) in [6.45, 7) is 3.46. The van der Waals surface area contributed by atoms with E-state index in [4.69, 9.17) is 21.3 Å². The number of esters is 1. The minimum absolute atomic E-state index is 0.152. The lowest BCUT2D eigenvalue weighted by atomic mass is 10.00. The molecule has 1 aliphatic rings. The molecule has 190 valence electrons. The molecule has 4 rings (SSSR count). The number of benzene rings is 2. The number of rotatable bonds is 6. The lowest BCUT2D eigenvalue weighted by molar-refractivity contribution is -0.143. The van der Waals surface area contributed by atoms with Crippen molar-refractivity contribution in [3.05, 3.63) is 70.3 Å². The van der Waals surface area contributed by atoms with Gasteiger partial charge in [0.05, 0.1) is 24.4 Å². The molecule has 1 atom stereocenters. The van der Waals surface area contributed by atoms with Gasteiger partial charge in [0.15, 0.2) is 5.82 Å². The van der Waals surface area contributed by atoms with E-state index in [0.717, 1.165) is 12.1 Å². The Labute approximate surface area is 208 Å². The summed E-state index contributed by atoms with van der Waals surface area (Å²) in [5.41, 5.74) is -4.25. The third-order valence-corrected chi connectivity index (χ3v) is 6.40. The van der Waals surface area contributed by atoms with E-state index < -0.39 is 33.4 Å². The molecule has 36 heavy (non-hydrogen) atoms. The van der Waals surface area contributed by atoms with Gasteiger partial charge in [-0.15, -0.1) is 10.2 Å². The van der Waals surface area contributed by atoms with E-state index in [0.29, 0.717) is 27.9 Å². The highest BCUT2D eigenvalue weighted by Crippen LogP contribution is 2.36. The molecule has 0 fully saturated rings. The number of hydrogen-bond donors (Lipinski definition) is 0. The van der Waals surface area contributed by atoms with Crippen LogP contribution in [0.5, 0.6) is 5.75 Å². The average Bonchev–Trinajstić information content (AvgIpc) is 3.11. The molecule has 0 saturated heterocycles. The van der Waals surface area contributed by atoms with Crippen molar-refractivity contribution in [2.75, 3.05) is 6.61 Å². The smallest absolute Gasteiger partial charge is 0.466 e. The van der Waals surface area contributed by atoms with Gasteiger partial charge in [-0.2, -0.15) is 21.6 Å². The Bertz CT molecular complexity index is 1450. The predicted molar refractivity (Wildman–Crippen MR) is 123 cm³/mol. The topological polar surface area (TPSA) is 113 Å². The predicted octanol–water partition coefficient (Wildman–Crippen LogP) is 4.30. The molecule has 0 saturated carbocycles. The first kappa shape index (κ1) is 25.6. The van der Waals surface area contributed by atoms with Gasteiger partial charge in [0, 0.05) is 16.1 Å². The lowest BCUT2D eigenvalue weighted by Crippen LogP contribution is -2.28. The summed E-state index contributed by atoms with van der Waals surface area (Å²) in [7, 11) is -5.92. The molecule has 3 aromatic rings. The van der Waals surface area contributed by atoms with Crippen LogP contribution in [0.1, 0.15) is 42.2 Å². The van der Waals surface area contributed by atoms with Crippen molar-refractivity contribution in [2.45, 2.75) is 31.8 Å². The standard InChI is InChI=1S/C22H18ClF3N4O5S/c1-3-34-19(31)11-17-21-29-28-12(2)30(21)18-9-8-15(35-36(32,33)22(24,25)26)10-16(18)20(27-17)13-4-6-14(23)7-5-13/h4-10,17H,3,11H2,1-2H3/t17-/m0/s1. The van der Waals surface area contributed by atoms with Crippen LogP contribution in [0.2, 0.25) is 5.02 Å². The number of carbonyl (C=O) groups is 1. The van der Waals surface area contributed by atoms with Gasteiger partial charge in [0.25, 0.3) is 0 Å². The largest absolute Gasteiger partial charge is 0.534 e. The van der Waals surface area contributed by atoms with Crippen LogP contribution in [0, 0.1) is 6.92 Å². The summed E-state index contributed by atoms with van der Waals surface area (Å²) >= 11 is 6.02. The van der Waals surface area contributed by atoms with Crippen LogP contribution in [0.25, 0.3) is 5.69 Å². The number of aliphatic imine (C=N–C) groups is 1. The first-order valence-electron chi connectivity index (χ1n) is 10.5. The Morgan fingerprint density at radius 2 is 1.83 bits per heavy atom. The summed E-state index contributed by atoms with van der Waals surface area (Å²) < 4.78 is 73.1. The molecular weight excluding hydrogens is 525 g/mol. The number of carbonyl (C=O) groups excluding carboxylic acids is 1. The van der Waals surface area contributed by atoms with Gasteiger partial charge in [-0.3, -0.25) is 14.4 Å². The Hall–Kier alpha value is -3.45. The third-order valence-electron chi connectivity index (χ3n) is 5.17. The van der Waals surface area contributed by atoms with Gasteiger partial charge >= 0.3 is 21.6 Å². The fourth-order valence-electron chi connectivity index (χ4n) is 3.65. The zero-order valence-corrected chi connectivity index (χ0v) is 20.4. The third kappa shape index (κ3) is 4.93. The number of aryl methyl sites for hydroxylation is 1. The van der Waals surface area contributed by atoms with Crippen molar-refractivity contribution in [3.63, 3.8) is 0 Å². The fourth-order valence-corrected chi connectivity index (χ4v) is 4.23. The highest BCUT2D eigenvalue weighted by Gasteiger charge is 2.48. The molecule has 0 aliphatic carbocycles. The first-order valence-corrected chi connectivity index (χ1v) is 12.3. The maximum atomic E-state index is 12.9. The number of aromatic nitrogens is 3. The maximum Gasteiger partial charge on any atom is 0.534 e. The number of ether oxygens (including phenoxy) is 1. The monoisotopic (exact) mass is 542 g/mol. The van der Waals surface area contributed by atoms with Crippen LogP contribution in [-0.2, 0) is 19.6 Å². The quantitative estimate of drug-likeness (QED) is 0.259. The van der Waals surface area contributed by atoms with E-state index in [2.05, 4.69) is 14.4 Å². The van der Waals surface area contributed by atoms with Gasteiger partial charge < -0.3 is 8.92 Å². The van der Waals surface area contributed by atoms with Crippen molar-refractivity contribution in [2.24, 2.45) is 4.99 Å². The highest BCUT2D eigenvalue weighted by molar-refractivity contribution is 7.88. The molecule has 0 unspecified atom stereocenters. The molecule has 14 heteroatoms. The Kier molecular flexibility index (Phi) is 6.80. The summed E-state index contributed by atoms with van der Waals surface area (Å²) in [6.07, 6.45) is -0.192. The van der Waals surface area contributed by atoms with Crippen molar-refractivity contribution in [1.82, 2.24) is 14.8 Å². The van der Waals surface area contributed by atoms with E-state index in [9.17, 15) is 26.4 Å². The van der Waals surface area contributed by atoms with E-state index in [1.54, 1.807) is 42.7 Å². The summed E-state index contributed by atoms with van der Waals surface area (Å²) in [5, 5.41) is 8.66. The number of fused-ring (bicyclic) bond motifs is 3. The molecule has 1 aliphatic heterocycles. The van der Waals surface area contributed by atoms with E-state index in [1.165, 1.54) is 6.07 Å². The normalized spacial score (nSPS) is 15.4. The summed E-state index contributed by atoms with van der Waals surface area (Å²) in [4.78, 5) is 17.0. The van der Waals surface area contributed by atoms with Crippen LogP contribution in [-0.4, -0.2) is 47.0 Å². The SMILES string of the molecule is CCOC(=O)C[C@@H]1N=C(c2ccc(Cl)cc2)c2cc(OS(=O)(=O)C(F)(F)F)ccc2-n2c(C)nnc21. The maximum absolute atomic E-state index is 12.9. The Balaban J connectivity index is 1.94. The van der Waals surface area contributed by atoms with Crippen LogP contribution in [0.3, 0.4) is 0 Å². The number of nitrogens with zero attached hydrogens (tertiary/aromatic N) is 4.